The average molecular weight is 776 g/mol. The van der Waals surface area contributed by atoms with Crippen LogP contribution in [0.4, 0.5) is 29.5 Å². The molecule has 0 saturated carbocycles. The molecule has 1 aliphatic carbocycles. The highest BCUT2D eigenvalue weighted by atomic mass is 35.5. The number of aromatic nitrogens is 5. The van der Waals surface area contributed by atoms with E-state index in [2.05, 4.69) is 36.9 Å². The number of urea groups is 1. The van der Waals surface area contributed by atoms with Crippen LogP contribution in [-0.4, -0.2) is 67.3 Å². The van der Waals surface area contributed by atoms with Crippen molar-refractivity contribution in [3.63, 3.8) is 0 Å². The molecule has 5 heterocycles. The Hall–Kier alpha value is -5.48. The molecule has 17 heteroatoms. The monoisotopic (exact) mass is 775 g/mol. The van der Waals surface area contributed by atoms with Gasteiger partial charge >= 0.3 is 17.9 Å². The van der Waals surface area contributed by atoms with Crippen LogP contribution in [-0.2, 0) is 26.7 Å². The van der Waals surface area contributed by atoms with Crippen LogP contribution in [0, 0.1) is 6.92 Å². The Morgan fingerprint density at radius 1 is 1.00 bits per heavy atom. The lowest BCUT2D eigenvalue weighted by Gasteiger charge is -2.36. The van der Waals surface area contributed by atoms with Gasteiger partial charge in [-0.2, -0.15) is 13.2 Å². The van der Waals surface area contributed by atoms with Crippen LogP contribution in [0.3, 0.4) is 0 Å². The second-order valence-electron chi connectivity index (χ2n) is 14.3. The number of anilines is 2. The highest BCUT2D eigenvalue weighted by Gasteiger charge is 2.45. The molecule has 3 aromatic heterocycles. The molecule has 0 unspecified atom stereocenters. The summed E-state index contributed by atoms with van der Waals surface area (Å²) in [4.78, 5) is 52.6. The number of carbonyl (C=O) groups is 1. The van der Waals surface area contributed by atoms with Gasteiger partial charge in [0.2, 0.25) is 11.7 Å². The molecule has 0 radical (unpaired) electrons. The molecule has 2 saturated heterocycles. The number of pyridine rings is 1. The Balaban J connectivity index is 1.15. The number of rotatable bonds is 6. The minimum atomic E-state index is -4.95. The van der Waals surface area contributed by atoms with Gasteiger partial charge in [0.25, 0.3) is 5.56 Å². The highest BCUT2D eigenvalue weighted by Crippen LogP contribution is 2.46. The van der Waals surface area contributed by atoms with Crippen molar-refractivity contribution in [2.45, 2.75) is 50.4 Å². The zero-order valence-electron chi connectivity index (χ0n) is 30.4. The predicted octanol–water partition coefficient (Wildman–Crippen LogP) is 5.62. The Kier molecular flexibility index (Phi) is 8.87. The summed E-state index contributed by atoms with van der Waals surface area (Å²) in [6, 6.07) is 12.8. The van der Waals surface area contributed by atoms with Gasteiger partial charge in [0.05, 0.1) is 23.4 Å². The highest BCUT2D eigenvalue weighted by molar-refractivity contribution is 6.36. The Morgan fingerprint density at radius 3 is 2.49 bits per heavy atom. The molecular formula is C38H37ClF3N9O4. The molecule has 13 nitrogen and oxygen atoms in total. The van der Waals surface area contributed by atoms with Gasteiger partial charge in [0.1, 0.15) is 11.2 Å². The molecule has 2 aliphatic heterocycles. The van der Waals surface area contributed by atoms with Crippen LogP contribution >= 0.6 is 11.6 Å². The van der Waals surface area contributed by atoms with Crippen molar-refractivity contribution in [3.05, 3.63) is 90.8 Å². The topological polar surface area (TPSA) is 148 Å². The van der Waals surface area contributed by atoms with Gasteiger partial charge < -0.3 is 20.7 Å². The number of likely N-dealkylation sites (tertiary alicyclic amines) is 1. The maximum atomic E-state index is 14.0. The van der Waals surface area contributed by atoms with Gasteiger partial charge in [-0.25, -0.2) is 24.5 Å². The van der Waals surface area contributed by atoms with Crippen molar-refractivity contribution in [2.24, 2.45) is 14.1 Å². The molecule has 3 N–H and O–H groups in total. The maximum absolute atomic E-state index is 14.0. The van der Waals surface area contributed by atoms with Crippen molar-refractivity contribution < 1.29 is 22.7 Å². The van der Waals surface area contributed by atoms with Crippen LogP contribution in [0.25, 0.3) is 33.4 Å². The largest absolute Gasteiger partial charge is 0.481 e. The Labute approximate surface area is 317 Å². The van der Waals surface area contributed by atoms with E-state index < -0.39 is 34.7 Å². The summed E-state index contributed by atoms with van der Waals surface area (Å²) < 4.78 is 49.5. The standard InChI is InChI=1S/C38H37ClF3N9O4/c1-19-21(7-6-10-24(19)44-30-28-31(47-34(46-30)38(40,41)42)49(2)36(54)50(3)33(28)52)22-8-5-9-23(29(22)39)25-17-20-11-12-26(27(20)32(45-25)55-4)51-16-14-37(18-51)13-15-43-35(53)48-37/h5-10,17,26H,11-16,18H2,1-4H3,(H2,43,48,53)(H,44,46,47)/t26-,37-/m1/s1. The number of hydrogen-bond donors (Lipinski definition) is 3. The summed E-state index contributed by atoms with van der Waals surface area (Å²) in [5, 5.41) is 9.09. The molecule has 0 bridgehead atoms. The van der Waals surface area contributed by atoms with E-state index in [4.69, 9.17) is 21.3 Å². The first kappa shape index (κ1) is 36.5. The van der Waals surface area contributed by atoms with Crippen LogP contribution in [0.1, 0.15) is 47.8 Å². The van der Waals surface area contributed by atoms with Crippen molar-refractivity contribution in [2.75, 3.05) is 32.1 Å². The van der Waals surface area contributed by atoms with E-state index in [1.165, 1.54) is 14.1 Å². The fourth-order valence-electron chi connectivity index (χ4n) is 8.28. The van der Waals surface area contributed by atoms with Crippen LogP contribution in [0.2, 0.25) is 5.02 Å². The molecule has 2 fully saturated rings. The number of fused-ring (bicyclic) bond motifs is 2. The Morgan fingerprint density at radius 2 is 1.75 bits per heavy atom. The number of hydrogen-bond acceptors (Lipinski definition) is 9. The third-order valence-electron chi connectivity index (χ3n) is 11.1. The lowest BCUT2D eigenvalue weighted by atomic mass is 9.93. The second kappa shape index (κ2) is 13.4. The third-order valence-corrected chi connectivity index (χ3v) is 11.5. The smallest absolute Gasteiger partial charge is 0.451 e. The first-order valence-corrected chi connectivity index (χ1v) is 18.2. The second-order valence-corrected chi connectivity index (χ2v) is 14.7. The van der Waals surface area contributed by atoms with Gasteiger partial charge in [-0.05, 0) is 61.4 Å². The summed E-state index contributed by atoms with van der Waals surface area (Å²) >= 11 is 7.18. The SMILES string of the molecule is COc1nc(-c2cccc(-c3cccc(Nc4nc(C(F)(F)F)nc5c4c(=O)n(C)c(=O)n5C)c3C)c2Cl)cc2c1[C@H](N1CC[C@]3(CCNC(=O)N3)C1)CC2. The normalized spacial score (nSPS) is 19.8. The quantitative estimate of drug-likeness (QED) is 0.200. The van der Waals surface area contributed by atoms with Crippen LogP contribution < -0.4 is 31.9 Å². The fourth-order valence-corrected chi connectivity index (χ4v) is 8.61. The zero-order valence-corrected chi connectivity index (χ0v) is 31.2. The van der Waals surface area contributed by atoms with Crippen molar-refractivity contribution in [1.29, 1.82) is 0 Å². The average Bonchev–Trinajstić information content (AvgIpc) is 3.77. The number of ether oxygens (including phenoxy) is 1. The number of nitrogens with zero attached hydrogens (tertiary/aromatic N) is 6. The molecule has 2 aromatic carbocycles. The molecule has 286 valence electrons. The predicted molar refractivity (Wildman–Crippen MR) is 201 cm³/mol. The number of aryl methyl sites for hydroxylation is 2. The van der Waals surface area contributed by atoms with Gasteiger partial charge in [-0.1, -0.05) is 41.9 Å². The van der Waals surface area contributed by atoms with E-state index in [1.54, 1.807) is 26.2 Å². The molecule has 3 aliphatic rings. The number of nitrogens with one attached hydrogen (secondary N) is 3. The first-order valence-electron chi connectivity index (χ1n) is 17.8. The number of benzene rings is 2. The lowest BCUT2D eigenvalue weighted by molar-refractivity contribution is -0.144. The lowest BCUT2D eigenvalue weighted by Crippen LogP contribution is -2.59. The zero-order chi connectivity index (χ0) is 39.0. The number of carbonyl (C=O) groups excluding carboxylic acids is 1. The van der Waals surface area contributed by atoms with E-state index in [9.17, 15) is 27.6 Å². The van der Waals surface area contributed by atoms with Gasteiger partial charge in [-0.15, -0.1) is 0 Å². The fraction of sp³-hybridized carbons (Fsp3) is 0.368. The molecule has 5 aromatic rings. The van der Waals surface area contributed by atoms with E-state index >= 15 is 0 Å². The molecule has 2 atom stereocenters. The molecule has 8 rings (SSSR count). The van der Waals surface area contributed by atoms with Gasteiger partial charge in [-0.3, -0.25) is 18.8 Å². The van der Waals surface area contributed by atoms with Gasteiger partial charge in [0, 0.05) is 62.1 Å². The molecule has 2 amide bonds. The van der Waals surface area contributed by atoms with E-state index in [0.29, 0.717) is 51.1 Å². The van der Waals surface area contributed by atoms with Crippen LogP contribution in [0.5, 0.6) is 5.88 Å². The minimum absolute atomic E-state index is 0.0987. The van der Waals surface area contributed by atoms with Crippen molar-refractivity contribution >= 4 is 40.2 Å². The molecule has 55 heavy (non-hydrogen) atoms. The minimum Gasteiger partial charge on any atom is -0.481 e. The maximum Gasteiger partial charge on any atom is 0.451 e. The van der Waals surface area contributed by atoms with Crippen molar-refractivity contribution in [1.82, 2.24) is 39.6 Å². The Bertz CT molecular complexity index is 2540. The van der Waals surface area contributed by atoms with Crippen molar-refractivity contribution in [3.8, 4) is 28.3 Å². The third kappa shape index (κ3) is 6.16. The summed E-state index contributed by atoms with van der Waals surface area (Å²) in [6.07, 6.45) is -1.50. The number of halogens is 4. The van der Waals surface area contributed by atoms with Gasteiger partial charge in [0.15, 0.2) is 5.65 Å². The number of methoxy groups -OCH3 is 1. The van der Waals surface area contributed by atoms with Crippen LogP contribution in [0.15, 0.2) is 52.1 Å². The molecule has 1 spiro atoms. The summed E-state index contributed by atoms with van der Waals surface area (Å²) in [5.74, 6) is -1.38. The van der Waals surface area contributed by atoms with E-state index in [1.807, 2.05) is 24.3 Å². The molecular weight excluding hydrogens is 739 g/mol. The van der Waals surface area contributed by atoms with E-state index in [0.717, 1.165) is 59.0 Å². The summed E-state index contributed by atoms with van der Waals surface area (Å²) in [5.41, 5.74) is 3.39. The number of alkyl halides is 3. The number of amides is 2. The first-order chi connectivity index (χ1) is 26.2. The van der Waals surface area contributed by atoms with E-state index in [-0.39, 0.29) is 23.0 Å². The summed E-state index contributed by atoms with van der Waals surface area (Å²) in [7, 11) is 4.08. The summed E-state index contributed by atoms with van der Waals surface area (Å²) in [6.45, 7) is 4.03.